The van der Waals surface area contributed by atoms with Crippen LogP contribution in [0.15, 0.2) is 30.3 Å². The van der Waals surface area contributed by atoms with Crippen molar-refractivity contribution in [3.05, 3.63) is 30.3 Å². The molecule has 2 heteroatoms. The fourth-order valence-corrected chi connectivity index (χ4v) is 2.57. The van der Waals surface area contributed by atoms with E-state index >= 15 is 0 Å². The van der Waals surface area contributed by atoms with Gasteiger partial charge < -0.3 is 10.1 Å². The van der Waals surface area contributed by atoms with Gasteiger partial charge in [0.15, 0.2) is 0 Å². The monoisotopic (exact) mass is 233 g/mol. The molecule has 0 saturated heterocycles. The minimum Gasteiger partial charge on any atom is -0.492 e. The molecule has 1 aliphatic carbocycles. The highest BCUT2D eigenvalue weighted by Gasteiger charge is 2.20. The zero-order valence-corrected chi connectivity index (χ0v) is 10.7. The maximum atomic E-state index is 5.63. The summed E-state index contributed by atoms with van der Waals surface area (Å²) in [6.07, 6.45) is 4.20. The normalized spacial score (nSPS) is 23.8. The summed E-state index contributed by atoms with van der Waals surface area (Å²) in [5.41, 5.74) is 0. The molecule has 1 aromatic carbocycles. The highest BCUT2D eigenvalue weighted by molar-refractivity contribution is 5.20. The van der Waals surface area contributed by atoms with Crippen molar-refractivity contribution in [1.29, 1.82) is 0 Å². The number of benzene rings is 1. The summed E-state index contributed by atoms with van der Waals surface area (Å²) in [6.45, 7) is 5.22. The Labute approximate surface area is 104 Å². The Balaban J connectivity index is 1.52. The summed E-state index contributed by atoms with van der Waals surface area (Å²) < 4.78 is 5.63. The molecule has 0 radical (unpaired) electrons. The van der Waals surface area contributed by atoms with Crippen LogP contribution in [0.2, 0.25) is 0 Å². The average Bonchev–Trinajstić information content (AvgIpc) is 2.76. The van der Waals surface area contributed by atoms with Crippen molar-refractivity contribution >= 4 is 0 Å². The quantitative estimate of drug-likeness (QED) is 0.762. The summed E-state index contributed by atoms with van der Waals surface area (Å²) in [5, 5.41) is 3.49. The van der Waals surface area contributed by atoms with Crippen LogP contribution in [0, 0.1) is 11.8 Å². The van der Waals surface area contributed by atoms with E-state index in [0.717, 1.165) is 37.3 Å². The van der Waals surface area contributed by atoms with Gasteiger partial charge in [0.25, 0.3) is 0 Å². The van der Waals surface area contributed by atoms with Gasteiger partial charge in [0.2, 0.25) is 0 Å². The van der Waals surface area contributed by atoms with Crippen LogP contribution in [-0.4, -0.2) is 19.7 Å². The Morgan fingerprint density at radius 1 is 1.24 bits per heavy atom. The predicted octanol–water partition coefficient (Wildman–Crippen LogP) is 3.09. The second-order valence-corrected chi connectivity index (χ2v) is 5.15. The van der Waals surface area contributed by atoms with E-state index in [2.05, 4.69) is 12.2 Å². The lowest BCUT2D eigenvalue weighted by Gasteiger charge is -2.11. The number of ether oxygens (including phenoxy) is 1. The van der Waals surface area contributed by atoms with Crippen LogP contribution in [0.4, 0.5) is 0 Å². The molecule has 2 nitrogen and oxygen atoms in total. The van der Waals surface area contributed by atoms with Gasteiger partial charge in [0, 0.05) is 6.54 Å². The van der Waals surface area contributed by atoms with Crippen molar-refractivity contribution in [1.82, 2.24) is 5.32 Å². The Morgan fingerprint density at radius 3 is 2.76 bits per heavy atom. The van der Waals surface area contributed by atoms with E-state index in [9.17, 15) is 0 Å². The number of hydrogen-bond donors (Lipinski definition) is 1. The Kier molecular flexibility index (Phi) is 4.87. The molecule has 17 heavy (non-hydrogen) atoms. The Hall–Kier alpha value is -1.02. The fraction of sp³-hybridized carbons (Fsp3) is 0.600. The van der Waals surface area contributed by atoms with E-state index in [1.165, 1.54) is 19.3 Å². The van der Waals surface area contributed by atoms with E-state index in [-0.39, 0.29) is 0 Å². The van der Waals surface area contributed by atoms with Crippen LogP contribution < -0.4 is 10.1 Å². The second kappa shape index (κ2) is 6.65. The van der Waals surface area contributed by atoms with Crippen molar-refractivity contribution in [3.8, 4) is 5.75 Å². The zero-order valence-electron chi connectivity index (χ0n) is 10.7. The summed E-state index contributed by atoms with van der Waals surface area (Å²) in [4.78, 5) is 0. The maximum Gasteiger partial charge on any atom is 0.119 e. The van der Waals surface area contributed by atoms with E-state index in [1.807, 2.05) is 30.3 Å². The molecule has 0 spiro atoms. The average molecular weight is 233 g/mol. The predicted molar refractivity (Wildman–Crippen MR) is 71.3 cm³/mol. The van der Waals surface area contributed by atoms with E-state index < -0.39 is 0 Å². The topological polar surface area (TPSA) is 21.3 Å². The standard InChI is InChI=1S/C15H23NO/c1-13-7-8-14(11-13)12-16-9-10-17-15-5-3-2-4-6-15/h2-6,13-14,16H,7-12H2,1H3. The first-order valence-corrected chi connectivity index (χ1v) is 6.73. The van der Waals surface area contributed by atoms with Crippen LogP contribution in [0.3, 0.4) is 0 Å². The lowest BCUT2D eigenvalue weighted by Crippen LogP contribution is -2.26. The molecule has 0 heterocycles. The van der Waals surface area contributed by atoms with Gasteiger partial charge in [0.1, 0.15) is 12.4 Å². The molecule has 2 unspecified atom stereocenters. The molecule has 1 N–H and O–H groups in total. The van der Waals surface area contributed by atoms with Crippen molar-refractivity contribution in [2.45, 2.75) is 26.2 Å². The third kappa shape index (κ3) is 4.39. The highest BCUT2D eigenvalue weighted by atomic mass is 16.5. The molecule has 94 valence electrons. The molecule has 0 amide bonds. The molecule has 2 rings (SSSR count). The summed E-state index contributed by atoms with van der Waals surface area (Å²) in [5.74, 6) is 2.79. The smallest absolute Gasteiger partial charge is 0.119 e. The molecule has 0 aliphatic heterocycles. The summed E-state index contributed by atoms with van der Waals surface area (Å²) in [6, 6.07) is 10.0. The highest BCUT2D eigenvalue weighted by Crippen LogP contribution is 2.29. The van der Waals surface area contributed by atoms with Crippen molar-refractivity contribution in [2.24, 2.45) is 11.8 Å². The minimum atomic E-state index is 0.756. The first-order chi connectivity index (χ1) is 8.34. The maximum absolute atomic E-state index is 5.63. The van der Waals surface area contributed by atoms with Crippen molar-refractivity contribution in [2.75, 3.05) is 19.7 Å². The second-order valence-electron chi connectivity index (χ2n) is 5.15. The third-order valence-electron chi connectivity index (χ3n) is 3.53. The van der Waals surface area contributed by atoms with E-state index in [0.29, 0.717) is 0 Å². The molecule has 0 bridgehead atoms. The Bertz CT molecular complexity index is 312. The molecular formula is C15H23NO. The zero-order chi connectivity index (χ0) is 11.9. The van der Waals surface area contributed by atoms with Crippen molar-refractivity contribution < 1.29 is 4.74 Å². The fourth-order valence-electron chi connectivity index (χ4n) is 2.57. The van der Waals surface area contributed by atoms with Crippen LogP contribution in [0.25, 0.3) is 0 Å². The third-order valence-corrected chi connectivity index (χ3v) is 3.53. The van der Waals surface area contributed by atoms with E-state index in [1.54, 1.807) is 0 Å². The lowest BCUT2D eigenvalue weighted by atomic mass is 10.1. The van der Waals surface area contributed by atoms with Gasteiger partial charge in [-0.1, -0.05) is 31.5 Å². The number of para-hydroxylation sites is 1. The van der Waals surface area contributed by atoms with Crippen LogP contribution in [0.5, 0.6) is 5.75 Å². The van der Waals surface area contributed by atoms with Crippen LogP contribution in [-0.2, 0) is 0 Å². The van der Waals surface area contributed by atoms with Gasteiger partial charge in [-0.3, -0.25) is 0 Å². The molecule has 2 atom stereocenters. The van der Waals surface area contributed by atoms with Gasteiger partial charge >= 0.3 is 0 Å². The lowest BCUT2D eigenvalue weighted by molar-refractivity contribution is 0.308. The Morgan fingerprint density at radius 2 is 2.06 bits per heavy atom. The van der Waals surface area contributed by atoms with Gasteiger partial charge in [0.05, 0.1) is 0 Å². The van der Waals surface area contributed by atoms with Crippen LogP contribution >= 0.6 is 0 Å². The largest absolute Gasteiger partial charge is 0.492 e. The molecule has 1 fully saturated rings. The first kappa shape index (κ1) is 12.4. The number of hydrogen-bond acceptors (Lipinski definition) is 2. The number of nitrogens with one attached hydrogen (secondary N) is 1. The van der Waals surface area contributed by atoms with Gasteiger partial charge in [-0.2, -0.15) is 0 Å². The van der Waals surface area contributed by atoms with Crippen LogP contribution in [0.1, 0.15) is 26.2 Å². The molecular weight excluding hydrogens is 210 g/mol. The molecule has 1 saturated carbocycles. The summed E-state index contributed by atoms with van der Waals surface area (Å²) >= 11 is 0. The summed E-state index contributed by atoms with van der Waals surface area (Å²) in [7, 11) is 0. The van der Waals surface area contributed by atoms with Gasteiger partial charge in [-0.05, 0) is 43.4 Å². The molecule has 1 aliphatic rings. The SMILES string of the molecule is CC1CCC(CNCCOc2ccccc2)C1. The van der Waals surface area contributed by atoms with Crippen molar-refractivity contribution in [3.63, 3.8) is 0 Å². The van der Waals surface area contributed by atoms with Gasteiger partial charge in [-0.15, -0.1) is 0 Å². The molecule has 1 aromatic rings. The first-order valence-electron chi connectivity index (χ1n) is 6.73. The van der Waals surface area contributed by atoms with E-state index in [4.69, 9.17) is 4.74 Å². The minimum absolute atomic E-state index is 0.756. The molecule has 0 aromatic heterocycles. The van der Waals surface area contributed by atoms with Gasteiger partial charge in [-0.25, -0.2) is 0 Å². The number of rotatable bonds is 6.